The van der Waals surface area contributed by atoms with Crippen LogP contribution in [0.5, 0.6) is 0 Å². The Bertz CT molecular complexity index is 685. The van der Waals surface area contributed by atoms with Crippen LogP contribution in [0.15, 0.2) is 47.8 Å². The summed E-state index contributed by atoms with van der Waals surface area (Å²) in [5.41, 5.74) is 1.08. The van der Waals surface area contributed by atoms with Gasteiger partial charge < -0.3 is 4.90 Å². The smallest absolute Gasteiger partial charge is 0.230 e. The van der Waals surface area contributed by atoms with E-state index >= 15 is 0 Å². The van der Waals surface area contributed by atoms with Crippen molar-refractivity contribution < 1.29 is 4.79 Å². The molecule has 4 rings (SSSR count). The molecule has 2 aliphatic heterocycles. The van der Waals surface area contributed by atoms with Gasteiger partial charge in [-0.3, -0.25) is 9.69 Å². The Kier molecular flexibility index (Phi) is 3.74. The average molecular weight is 326 g/mol. The minimum absolute atomic E-state index is 0.229. The van der Waals surface area contributed by atoms with Crippen molar-refractivity contribution in [2.24, 2.45) is 5.41 Å². The maximum absolute atomic E-state index is 13.0. The van der Waals surface area contributed by atoms with Gasteiger partial charge in [-0.2, -0.15) is 0 Å². The lowest BCUT2D eigenvalue weighted by atomic mass is 9.73. The van der Waals surface area contributed by atoms with Gasteiger partial charge in [-0.1, -0.05) is 36.4 Å². The van der Waals surface area contributed by atoms with Crippen molar-refractivity contribution in [3.63, 3.8) is 0 Å². The van der Waals surface area contributed by atoms with Gasteiger partial charge in [-0.25, -0.2) is 0 Å². The van der Waals surface area contributed by atoms with Gasteiger partial charge >= 0.3 is 0 Å². The number of hydrogen-bond donors (Lipinski definition) is 0. The zero-order valence-electron chi connectivity index (χ0n) is 13.4. The number of thiophene rings is 1. The molecule has 0 N–H and O–H groups in total. The van der Waals surface area contributed by atoms with Crippen LogP contribution in [-0.2, 0) is 11.3 Å². The van der Waals surface area contributed by atoms with Crippen LogP contribution in [0.2, 0.25) is 0 Å². The summed E-state index contributed by atoms with van der Waals surface area (Å²) in [5, 5.41) is 2.13. The number of carbonyl (C=O) groups excluding carboxylic acids is 1. The third kappa shape index (κ3) is 2.50. The zero-order chi connectivity index (χ0) is 15.9. The standard InChI is InChI=1S/C19H22N2OS/c1-20-10-9-19(18(20)22)14-21(12-16-8-5-11-23-16)13-17(19)15-6-3-2-4-7-15/h2-8,11,17H,9-10,12-14H2,1H3/t17-,19+/m1/s1. The number of likely N-dealkylation sites (tertiary alicyclic amines) is 2. The molecule has 1 aromatic heterocycles. The lowest BCUT2D eigenvalue weighted by Crippen LogP contribution is -2.38. The molecule has 3 nitrogen and oxygen atoms in total. The Labute approximate surface area is 141 Å². The Balaban J connectivity index is 1.66. The molecule has 2 aromatic rings. The highest BCUT2D eigenvalue weighted by atomic mass is 32.1. The van der Waals surface area contributed by atoms with E-state index in [9.17, 15) is 4.79 Å². The van der Waals surface area contributed by atoms with Gasteiger partial charge in [-0.05, 0) is 23.4 Å². The van der Waals surface area contributed by atoms with Gasteiger partial charge in [0.05, 0.1) is 5.41 Å². The van der Waals surface area contributed by atoms with E-state index in [0.717, 1.165) is 32.6 Å². The molecule has 0 unspecified atom stereocenters. The second-order valence-electron chi connectivity index (χ2n) is 6.85. The first-order valence-corrected chi connectivity index (χ1v) is 9.12. The van der Waals surface area contributed by atoms with Crippen LogP contribution in [0.25, 0.3) is 0 Å². The molecule has 2 atom stereocenters. The molecule has 0 bridgehead atoms. The highest BCUT2D eigenvalue weighted by Gasteiger charge is 2.56. The molecule has 3 heterocycles. The normalized spacial score (nSPS) is 28.1. The molecule has 1 spiro atoms. The summed E-state index contributed by atoms with van der Waals surface area (Å²) < 4.78 is 0. The van der Waals surface area contributed by atoms with Crippen molar-refractivity contribution in [3.8, 4) is 0 Å². The summed E-state index contributed by atoms with van der Waals surface area (Å²) in [6, 6.07) is 14.9. The lowest BCUT2D eigenvalue weighted by molar-refractivity contribution is -0.135. The van der Waals surface area contributed by atoms with Crippen LogP contribution >= 0.6 is 11.3 Å². The number of rotatable bonds is 3. The van der Waals surface area contributed by atoms with Crippen LogP contribution in [-0.4, -0.2) is 42.4 Å². The van der Waals surface area contributed by atoms with Crippen molar-refractivity contribution in [1.29, 1.82) is 0 Å². The van der Waals surface area contributed by atoms with E-state index in [1.165, 1.54) is 10.4 Å². The summed E-state index contributed by atoms with van der Waals surface area (Å²) in [6.45, 7) is 3.70. The van der Waals surface area contributed by atoms with Crippen molar-refractivity contribution in [2.45, 2.75) is 18.9 Å². The zero-order valence-corrected chi connectivity index (χ0v) is 14.3. The van der Waals surface area contributed by atoms with Gasteiger partial charge in [0, 0.05) is 44.0 Å². The van der Waals surface area contributed by atoms with Crippen LogP contribution in [0.3, 0.4) is 0 Å². The third-order valence-electron chi connectivity index (χ3n) is 5.44. The molecule has 1 aromatic carbocycles. The Morgan fingerprint density at radius 3 is 2.70 bits per heavy atom. The van der Waals surface area contributed by atoms with E-state index in [2.05, 4.69) is 52.7 Å². The number of amides is 1. The van der Waals surface area contributed by atoms with Gasteiger partial charge in [0.2, 0.25) is 5.91 Å². The van der Waals surface area contributed by atoms with E-state index in [0.29, 0.717) is 11.8 Å². The van der Waals surface area contributed by atoms with E-state index in [1.807, 2.05) is 11.9 Å². The van der Waals surface area contributed by atoms with Crippen molar-refractivity contribution in [1.82, 2.24) is 9.80 Å². The first-order valence-electron chi connectivity index (χ1n) is 8.24. The van der Waals surface area contributed by atoms with Crippen LogP contribution in [0, 0.1) is 5.41 Å². The number of carbonyl (C=O) groups is 1. The van der Waals surface area contributed by atoms with E-state index in [-0.39, 0.29) is 5.41 Å². The van der Waals surface area contributed by atoms with Crippen LogP contribution in [0.1, 0.15) is 22.8 Å². The fourth-order valence-electron chi connectivity index (χ4n) is 4.29. The highest BCUT2D eigenvalue weighted by Crippen LogP contribution is 2.49. The molecule has 120 valence electrons. The first-order chi connectivity index (χ1) is 11.2. The second-order valence-corrected chi connectivity index (χ2v) is 7.88. The predicted octanol–water partition coefficient (Wildman–Crippen LogP) is 3.20. The van der Waals surface area contributed by atoms with Crippen molar-refractivity contribution in [3.05, 3.63) is 58.3 Å². The minimum Gasteiger partial charge on any atom is -0.345 e. The number of hydrogen-bond acceptors (Lipinski definition) is 3. The van der Waals surface area contributed by atoms with Gasteiger partial charge in [-0.15, -0.1) is 11.3 Å². The molecule has 4 heteroatoms. The van der Waals surface area contributed by atoms with E-state index < -0.39 is 0 Å². The monoisotopic (exact) mass is 326 g/mol. The molecular weight excluding hydrogens is 304 g/mol. The topological polar surface area (TPSA) is 23.6 Å². The summed E-state index contributed by atoms with van der Waals surface area (Å²) in [4.78, 5) is 18.7. The molecule has 0 saturated carbocycles. The van der Waals surface area contributed by atoms with Gasteiger partial charge in [0.1, 0.15) is 0 Å². The van der Waals surface area contributed by atoms with E-state index in [1.54, 1.807) is 11.3 Å². The van der Waals surface area contributed by atoms with Crippen molar-refractivity contribution in [2.75, 3.05) is 26.7 Å². The fourth-order valence-corrected chi connectivity index (χ4v) is 5.03. The van der Waals surface area contributed by atoms with Gasteiger partial charge in [0.15, 0.2) is 0 Å². The molecule has 1 amide bonds. The SMILES string of the molecule is CN1CC[C@@]2(CN(Cc3cccs3)C[C@@H]2c2ccccc2)C1=O. The molecule has 2 saturated heterocycles. The summed E-state index contributed by atoms with van der Waals surface area (Å²) in [6.07, 6.45) is 0.975. The maximum Gasteiger partial charge on any atom is 0.230 e. The van der Waals surface area contributed by atoms with Gasteiger partial charge in [0.25, 0.3) is 0 Å². The molecule has 2 fully saturated rings. The lowest BCUT2D eigenvalue weighted by Gasteiger charge is -2.28. The largest absolute Gasteiger partial charge is 0.345 e. The third-order valence-corrected chi connectivity index (χ3v) is 6.30. The molecule has 0 aliphatic carbocycles. The quantitative estimate of drug-likeness (QED) is 0.865. The summed E-state index contributed by atoms with van der Waals surface area (Å²) in [5.74, 6) is 0.640. The van der Waals surface area contributed by atoms with Crippen molar-refractivity contribution >= 4 is 17.2 Å². The maximum atomic E-state index is 13.0. The Morgan fingerprint density at radius 2 is 2.04 bits per heavy atom. The van der Waals surface area contributed by atoms with Crippen LogP contribution < -0.4 is 0 Å². The molecule has 23 heavy (non-hydrogen) atoms. The summed E-state index contributed by atoms with van der Waals surface area (Å²) in [7, 11) is 1.95. The fraction of sp³-hybridized carbons (Fsp3) is 0.421. The van der Waals surface area contributed by atoms with Crippen LogP contribution in [0.4, 0.5) is 0 Å². The predicted molar refractivity (Wildman–Crippen MR) is 93.5 cm³/mol. The average Bonchev–Trinajstić information content (AvgIpc) is 3.27. The first kappa shape index (κ1) is 14.9. The Morgan fingerprint density at radius 1 is 1.22 bits per heavy atom. The Hall–Kier alpha value is -1.65. The minimum atomic E-state index is -0.229. The second kappa shape index (κ2) is 5.77. The molecular formula is C19H22N2OS. The van der Waals surface area contributed by atoms with E-state index in [4.69, 9.17) is 0 Å². The molecule has 0 radical (unpaired) electrons. The number of benzene rings is 1. The summed E-state index contributed by atoms with van der Waals surface area (Å²) >= 11 is 1.80. The molecule has 2 aliphatic rings. The number of nitrogens with zero attached hydrogens (tertiary/aromatic N) is 2. The highest BCUT2D eigenvalue weighted by molar-refractivity contribution is 7.09.